The number of sulfonamides is 2. The van der Waals surface area contributed by atoms with Gasteiger partial charge >= 0.3 is 5.97 Å². The molecule has 0 bridgehead atoms. The minimum atomic E-state index is -4.05. The molecule has 0 spiro atoms. The topological polar surface area (TPSA) is 139 Å². The summed E-state index contributed by atoms with van der Waals surface area (Å²) >= 11 is 6.24. The fraction of sp³-hybridized carbons (Fsp3) is 0.355. The lowest BCUT2D eigenvalue weighted by Gasteiger charge is -2.20. The molecule has 11 nitrogen and oxygen atoms in total. The summed E-state index contributed by atoms with van der Waals surface area (Å²) in [6.45, 7) is 4.05. The normalized spacial score (nSPS) is 14.3. The van der Waals surface area contributed by atoms with Crippen LogP contribution in [0.5, 0.6) is 5.75 Å². The number of hydrogen-bond donors (Lipinski definition) is 1. The zero-order valence-corrected chi connectivity index (χ0v) is 27.7. The van der Waals surface area contributed by atoms with E-state index in [9.17, 15) is 26.4 Å². The lowest BCUT2D eigenvalue weighted by atomic mass is 10.1. The van der Waals surface area contributed by atoms with Gasteiger partial charge in [-0.1, -0.05) is 30.5 Å². The van der Waals surface area contributed by atoms with Crippen LogP contribution in [0, 0.1) is 6.92 Å². The second-order valence-corrected chi connectivity index (χ2v) is 14.8. The van der Waals surface area contributed by atoms with Crippen molar-refractivity contribution in [1.29, 1.82) is 0 Å². The van der Waals surface area contributed by atoms with Crippen molar-refractivity contribution >= 4 is 54.9 Å². The maximum Gasteiger partial charge on any atom is 0.338 e. The molecule has 242 valence electrons. The van der Waals surface area contributed by atoms with Crippen molar-refractivity contribution in [2.45, 2.75) is 49.3 Å². The Morgan fingerprint density at radius 3 is 2.20 bits per heavy atom. The first-order valence-electron chi connectivity index (χ1n) is 14.4. The second kappa shape index (κ2) is 14.6. The van der Waals surface area contributed by atoms with Crippen molar-refractivity contribution < 1.29 is 35.9 Å². The molecule has 1 saturated heterocycles. The Balaban J connectivity index is 1.44. The monoisotopic (exact) mass is 677 g/mol. The van der Waals surface area contributed by atoms with Gasteiger partial charge in [0, 0.05) is 20.1 Å². The van der Waals surface area contributed by atoms with E-state index in [1.807, 2.05) is 6.92 Å². The largest absolute Gasteiger partial charge is 0.494 e. The van der Waals surface area contributed by atoms with E-state index in [0.29, 0.717) is 36.7 Å². The number of halogens is 1. The molecule has 1 aliphatic rings. The summed E-state index contributed by atoms with van der Waals surface area (Å²) in [6, 6.07) is 14.6. The van der Waals surface area contributed by atoms with Crippen LogP contribution in [0.4, 0.5) is 11.4 Å². The number of nitrogens with one attached hydrogen (secondary N) is 1. The highest BCUT2D eigenvalue weighted by Crippen LogP contribution is 2.29. The van der Waals surface area contributed by atoms with E-state index in [4.69, 9.17) is 21.1 Å². The molecule has 1 N–H and O–H groups in total. The minimum absolute atomic E-state index is 0.00931. The van der Waals surface area contributed by atoms with Gasteiger partial charge in [-0.15, -0.1) is 0 Å². The van der Waals surface area contributed by atoms with E-state index in [1.54, 1.807) is 31.2 Å². The lowest BCUT2D eigenvalue weighted by molar-refractivity contribution is -0.119. The third-order valence-corrected chi connectivity index (χ3v) is 11.4. The summed E-state index contributed by atoms with van der Waals surface area (Å²) in [7, 11) is -6.45. The van der Waals surface area contributed by atoms with Gasteiger partial charge in [0.15, 0.2) is 6.61 Å². The van der Waals surface area contributed by atoms with Crippen molar-refractivity contribution in [3.8, 4) is 5.75 Å². The summed E-state index contributed by atoms with van der Waals surface area (Å²) in [5.74, 6) is -1.07. The smallest absolute Gasteiger partial charge is 0.338 e. The summed E-state index contributed by atoms with van der Waals surface area (Å²) < 4.78 is 66.3. The minimum Gasteiger partial charge on any atom is -0.494 e. The SMILES string of the molecule is CCOc1ccc(N(C)S(=O)(=O)c2ccc(C)c(C(=O)OCC(=O)Nc3cc(S(=O)(=O)N4CCCCCC4)ccc3Cl)c2)cc1. The van der Waals surface area contributed by atoms with Crippen LogP contribution >= 0.6 is 11.6 Å². The van der Waals surface area contributed by atoms with E-state index in [2.05, 4.69) is 5.32 Å². The molecule has 0 atom stereocenters. The van der Waals surface area contributed by atoms with Crippen LogP contribution < -0.4 is 14.4 Å². The van der Waals surface area contributed by atoms with E-state index in [1.165, 1.54) is 47.8 Å². The first kappa shape index (κ1) is 34.2. The van der Waals surface area contributed by atoms with E-state index in [-0.39, 0.29) is 26.1 Å². The number of hydrogen-bond acceptors (Lipinski definition) is 8. The third kappa shape index (κ3) is 8.15. The zero-order valence-electron chi connectivity index (χ0n) is 25.3. The van der Waals surface area contributed by atoms with Gasteiger partial charge < -0.3 is 14.8 Å². The quantitative estimate of drug-likeness (QED) is 0.272. The Hall–Kier alpha value is -3.65. The number of carbonyl (C=O) groups is 2. The standard InChI is InChI=1S/C31H36ClN3O8S2/c1-4-42-24-12-10-23(11-13-24)34(3)44(38,39)25-14-9-22(2)27(19-25)31(37)43-21-30(36)33-29-20-26(15-16-28(29)32)45(40,41)35-17-7-5-6-8-18-35/h9-16,19-20H,4-8,17-18,21H2,1-3H3,(H,33,36). The predicted molar refractivity (Wildman–Crippen MR) is 172 cm³/mol. The average molecular weight is 678 g/mol. The maximum atomic E-state index is 13.4. The van der Waals surface area contributed by atoms with Gasteiger partial charge in [-0.25, -0.2) is 21.6 Å². The molecular weight excluding hydrogens is 642 g/mol. The summed E-state index contributed by atoms with van der Waals surface area (Å²) in [6.07, 6.45) is 3.48. The van der Waals surface area contributed by atoms with Crippen molar-refractivity contribution in [3.63, 3.8) is 0 Å². The molecule has 0 aromatic heterocycles. The molecule has 14 heteroatoms. The van der Waals surface area contributed by atoms with Crippen LogP contribution in [-0.4, -0.2) is 66.4 Å². The lowest BCUT2D eigenvalue weighted by Crippen LogP contribution is -2.32. The summed E-state index contributed by atoms with van der Waals surface area (Å²) in [5, 5.41) is 2.60. The van der Waals surface area contributed by atoms with Crippen LogP contribution in [0.15, 0.2) is 70.5 Å². The van der Waals surface area contributed by atoms with Crippen molar-refractivity contribution in [3.05, 3.63) is 76.8 Å². The number of aryl methyl sites for hydroxylation is 1. The summed E-state index contributed by atoms with van der Waals surface area (Å²) in [4.78, 5) is 25.5. The number of benzene rings is 3. The molecule has 0 unspecified atom stereocenters. The number of rotatable bonds is 11. The molecule has 1 heterocycles. The Labute approximate surface area is 269 Å². The molecule has 1 fully saturated rings. The van der Waals surface area contributed by atoms with Crippen molar-refractivity contribution in [2.24, 2.45) is 0 Å². The van der Waals surface area contributed by atoms with Crippen molar-refractivity contribution in [2.75, 3.05) is 43.0 Å². The molecule has 0 aliphatic carbocycles. The Bertz CT molecular complexity index is 1760. The van der Waals surface area contributed by atoms with Crippen LogP contribution in [0.25, 0.3) is 0 Å². The average Bonchev–Trinajstić information content (AvgIpc) is 3.32. The zero-order chi connectivity index (χ0) is 32.8. The number of carbonyl (C=O) groups excluding carboxylic acids is 2. The second-order valence-electron chi connectivity index (χ2n) is 10.5. The van der Waals surface area contributed by atoms with Crippen LogP contribution in [-0.2, 0) is 29.6 Å². The first-order chi connectivity index (χ1) is 21.3. The molecule has 3 aromatic rings. The maximum absolute atomic E-state index is 13.4. The van der Waals surface area contributed by atoms with Gasteiger partial charge in [0.25, 0.3) is 15.9 Å². The van der Waals surface area contributed by atoms with Gasteiger partial charge in [-0.2, -0.15) is 4.31 Å². The Morgan fingerprint density at radius 1 is 0.911 bits per heavy atom. The molecule has 1 amide bonds. The fourth-order valence-corrected chi connectivity index (χ4v) is 7.72. The Kier molecular flexibility index (Phi) is 11.1. The van der Waals surface area contributed by atoms with Crippen LogP contribution in [0.1, 0.15) is 48.5 Å². The molecule has 1 aliphatic heterocycles. The number of anilines is 2. The fourth-order valence-electron chi connectivity index (χ4n) is 4.78. The highest BCUT2D eigenvalue weighted by molar-refractivity contribution is 7.92. The first-order valence-corrected chi connectivity index (χ1v) is 17.7. The molecular formula is C31H36ClN3O8S2. The van der Waals surface area contributed by atoms with E-state index >= 15 is 0 Å². The van der Waals surface area contributed by atoms with Gasteiger partial charge in [-0.3, -0.25) is 9.10 Å². The highest BCUT2D eigenvalue weighted by atomic mass is 35.5. The highest BCUT2D eigenvalue weighted by Gasteiger charge is 2.27. The van der Waals surface area contributed by atoms with Gasteiger partial charge in [-0.05, 0) is 86.8 Å². The predicted octanol–water partition coefficient (Wildman–Crippen LogP) is 5.23. The third-order valence-electron chi connectivity index (χ3n) is 7.35. The summed E-state index contributed by atoms with van der Waals surface area (Å²) in [5.41, 5.74) is 0.849. The van der Waals surface area contributed by atoms with Gasteiger partial charge in [0.2, 0.25) is 10.0 Å². The molecule has 4 rings (SSSR count). The number of ether oxygens (including phenoxy) is 2. The number of amides is 1. The van der Waals surface area contributed by atoms with E-state index < -0.39 is 38.5 Å². The van der Waals surface area contributed by atoms with Gasteiger partial charge in [0.1, 0.15) is 5.75 Å². The molecule has 3 aromatic carbocycles. The number of nitrogens with zero attached hydrogens (tertiary/aromatic N) is 2. The Morgan fingerprint density at radius 2 is 1.56 bits per heavy atom. The number of esters is 1. The van der Waals surface area contributed by atoms with Crippen molar-refractivity contribution in [1.82, 2.24) is 4.31 Å². The molecule has 0 saturated carbocycles. The van der Waals surface area contributed by atoms with Crippen LogP contribution in [0.3, 0.4) is 0 Å². The molecule has 45 heavy (non-hydrogen) atoms. The van der Waals surface area contributed by atoms with E-state index in [0.717, 1.165) is 30.0 Å². The van der Waals surface area contributed by atoms with Gasteiger partial charge in [0.05, 0.1) is 38.4 Å². The van der Waals surface area contributed by atoms with Crippen LogP contribution in [0.2, 0.25) is 5.02 Å². The molecule has 0 radical (unpaired) electrons.